The molecule has 0 spiro atoms. The Hall–Kier alpha value is -1.53. The quantitative estimate of drug-likeness (QED) is 0.787. The first kappa shape index (κ1) is 13.5. The summed E-state index contributed by atoms with van der Waals surface area (Å²) in [4.78, 5) is 7.85. The molecule has 0 saturated carbocycles. The zero-order chi connectivity index (χ0) is 12.7. The number of alkyl halides is 3. The number of nitrogens with one attached hydrogen (secondary N) is 1. The predicted octanol–water partition coefficient (Wildman–Crippen LogP) is 2.63. The van der Waals surface area contributed by atoms with Crippen molar-refractivity contribution in [2.75, 3.05) is 19.0 Å². The van der Waals surface area contributed by atoms with Crippen molar-refractivity contribution in [3.8, 4) is 5.75 Å². The normalized spacial score (nSPS) is 11.3. The number of ether oxygens (including phenoxy) is 1. The van der Waals surface area contributed by atoms with E-state index in [2.05, 4.69) is 15.3 Å². The first-order valence-electron chi connectivity index (χ1n) is 5.18. The number of hydrogen-bond donors (Lipinski definition) is 1. The Bertz CT molecular complexity index is 327. The summed E-state index contributed by atoms with van der Waals surface area (Å²) in [7, 11) is 1.50. The van der Waals surface area contributed by atoms with Crippen LogP contribution in [0.1, 0.15) is 19.3 Å². The minimum atomic E-state index is -4.07. The Morgan fingerprint density at radius 1 is 1.24 bits per heavy atom. The van der Waals surface area contributed by atoms with Crippen molar-refractivity contribution < 1.29 is 17.9 Å². The van der Waals surface area contributed by atoms with Crippen LogP contribution >= 0.6 is 0 Å². The molecule has 0 aliphatic carbocycles. The van der Waals surface area contributed by atoms with Gasteiger partial charge in [-0.25, -0.2) is 9.97 Å². The van der Waals surface area contributed by atoms with Crippen LogP contribution in [-0.2, 0) is 0 Å². The van der Waals surface area contributed by atoms with E-state index in [0.717, 1.165) is 0 Å². The van der Waals surface area contributed by atoms with Crippen LogP contribution < -0.4 is 10.1 Å². The van der Waals surface area contributed by atoms with E-state index in [9.17, 15) is 13.2 Å². The minimum absolute atomic E-state index is 0.104. The fourth-order valence-corrected chi connectivity index (χ4v) is 1.16. The average molecular weight is 249 g/mol. The van der Waals surface area contributed by atoms with Gasteiger partial charge in [0.15, 0.2) is 5.75 Å². The molecule has 7 heteroatoms. The van der Waals surface area contributed by atoms with Gasteiger partial charge in [-0.1, -0.05) is 0 Å². The number of methoxy groups -OCH3 is 1. The fraction of sp³-hybridized carbons (Fsp3) is 0.600. The molecule has 0 radical (unpaired) electrons. The highest BCUT2D eigenvalue weighted by molar-refractivity contribution is 5.26. The third kappa shape index (κ3) is 5.94. The van der Waals surface area contributed by atoms with Gasteiger partial charge in [0.1, 0.15) is 0 Å². The number of aromatic nitrogens is 2. The summed E-state index contributed by atoms with van der Waals surface area (Å²) >= 11 is 0. The molecule has 1 rings (SSSR count). The number of unbranched alkanes of at least 4 members (excludes halogenated alkanes) is 1. The number of halogens is 3. The Balaban J connectivity index is 2.18. The van der Waals surface area contributed by atoms with Crippen molar-refractivity contribution in [2.45, 2.75) is 25.4 Å². The lowest BCUT2D eigenvalue weighted by molar-refractivity contribution is -0.135. The molecular weight excluding hydrogens is 235 g/mol. The molecule has 0 unspecified atom stereocenters. The van der Waals surface area contributed by atoms with Crippen LogP contribution in [0.2, 0.25) is 0 Å². The van der Waals surface area contributed by atoms with Crippen molar-refractivity contribution in [3.05, 3.63) is 12.4 Å². The summed E-state index contributed by atoms with van der Waals surface area (Å²) in [5.41, 5.74) is 0. The Kier molecular flexibility index (Phi) is 4.99. The first-order valence-corrected chi connectivity index (χ1v) is 5.18. The maximum Gasteiger partial charge on any atom is 0.389 e. The van der Waals surface area contributed by atoms with Crippen LogP contribution in [0.15, 0.2) is 12.4 Å². The summed E-state index contributed by atoms with van der Waals surface area (Å²) in [6, 6.07) is 0. The molecule has 4 nitrogen and oxygen atoms in total. The predicted molar refractivity (Wildman–Crippen MR) is 57.0 cm³/mol. The van der Waals surface area contributed by atoms with Crippen molar-refractivity contribution in [1.29, 1.82) is 0 Å². The van der Waals surface area contributed by atoms with Gasteiger partial charge < -0.3 is 10.1 Å². The fourth-order valence-electron chi connectivity index (χ4n) is 1.16. The monoisotopic (exact) mass is 249 g/mol. The van der Waals surface area contributed by atoms with E-state index in [-0.39, 0.29) is 6.42 Å². The van der Waals surface area contributed by atoms with Gasteiger partial charge in [0.05, 0.1) is 19.5 Å². The molecule has 0 fully saturated rings. The summed E-state index contributed by atoms with van der Waals surface area (Å²) in [6.45, 7) is 0.419. The van der Waals surface area contributed by atoms with Crippen molar-refractivity contribution in [2.24, 2.45) is 0 Å². The van der Waals surface area contributed by atoms with E-state index in [0.29, 0.717) is 24.7 Å². The van der Waals surface area contributed by atoms with E-state index in [4.69, 9.17) is 4.74 Å². The van der Waals surface area contributed by atoms with Gasteiger partial charge in [-0.2, -0.15) is 13.2 Å². The van der Waals surface area contributed by atoms with Crippen LogP contribution in [-0.4, -0.2) is 29.8 Å². The third-order valence-electron chi connectivity index (χ3n) is 2.03. The Labute approximate surface area is 97.2 Å². The molecule has 1 aromatic rings. The van der Waals surface area contributed by atoms with E-state index in [1.165, 1.54) is 19.5 Å². The second kappa shape index (κ2) is 6.27. The Morgan fingerprint density at radius 2 is 1.88 bits per heavy atom. The highest BCUT2D eigenvalue weighted by atomic mass is 19.4. The lowest BCUT2D eigenvalue weighted by atomic mass is 10.2. The molecule has 17 heavy (non-hydrogen) atoms. The molecule has 0 amide bonds. The lowest BCUT2D eigenvalue weighted by Crippen LogP contribution is -2.09. The SMILES string of the molecule is COc1cnc(NCCCCC(F)(F)F)nc1. The van der Waals surface area contributed by atoms with Gasteiger partial charge in [-0.3, -0.25) is 0 Å². The first-order chi connectivity index (χ1) is 8.01. The second-order valence-corrected chi connectivity index (χ2v) is 3.45. The van der Waals surface area contributed by atoms with Crippen LogP contribution in [0.5, 0.6) is 5.75 Å². The molecule has 1 aromatic heterocycles. The number of rotatable bonds is 6. The van der Waals surface area contributed by atoms with Gasteiger partial charge >= 0.3 is 6.18 Å². The minimum Gasteiger partial charge on any atom is -0.494 e. The molecule has 0 aromatic carbocycles. The third-order valence-corrected chi connectivity index (χ3v) is 2.03. The van der Waals surface area contributed by atoms with Crippen LogP contribution in [0.4, 0.5) is 19.1 Å². The largest absolute Gasteiger partial charge is 0.494 e. The molecule has 0 aliphatic heterocycles. The highest BCUT2D eigenvalue weighted by Gasteiger charge is 2.25. The number of hydrogen-bond acceptors (Lipinski definition) is 4. The topological polar surface area (TPSA) is 47.0 Å². The standard InChI is InChI=1S/C10H14F3N3O/c1-17-8-6-15-9(16-7-8)14-5-3-2-4-10(11,12)13/h6-7H,2-5H2,1H3,(H,14,15,16). The van der Waals surface area contributed by atoms with E-state index in [1.807, 2.05) is 0 Å². The van der Waals surface area contributed by atoms with E-state index < -0.39 is 12.6 Å². The highest BCUT2D eigenvalue weighted by Crippen LogP contribution is 2.22. The molecule has 0 saturated heterocycles. The molecule has 96 valence electrons. The van der Waals surface area contributed by atoms with Gasteiger partial charge in [-0.15, -0.1) is 0 Å². The molecule has 1 heterocycles. The van der Waals surface area contributed by atoms with Crippen LogP contribution in [0.25, 0.3) is 0 Å². The van der Waals surface area contributed by atoms with Crippen molar-refractivity contribution in [3.63, 3.8) is 0 Å². The van der Waals surface area contributed by atoms with Gasteiger partial charge in [0.2, 0.25) is 5.95 Å². The second-order valence-electron chi connectivity index (χ2n) is 3.45. The average Bonchev–Trinajstić information content (AvgIpc) is 2.28. The van der Waals surface area contributed by atoms with E-state index in [1.54, 1.807) is 0 Å². The van der Waals surface area contributed by atoms with E-state index >= 15 is 0 Å². The van der Waals surface area contributed by atoms with Crippen LogP contribution in [0, 0.1) is 0 Å². The summed E-state index contributed by atoms with van der Waals surface area (Å²) in [5, 5.41) is 2.84. The zero-order valence-corrected chi connectivity index (χ0v) is 9.42. The number of anilines is 1. The summed E-state index contributed by atoms with van der Waals surface area (Å²) in [5.74, 6) is 0.922. The maximum atomic E-state index is 11.8. The smallest absolute Gasteiger partial charge is 0.389 e. The van der Waals surface area contributed by atoms with Crippen molar-refractivity contribution >= 4 is 5.95 Å². The number of nitrogens with zero attached hydrogens (tertiary/aromatic N) is 2. The van der Waals surface area contributed by atoms with Crippen LogP contribution in [0.3, 0.4) is 0 Å². The summed E-state index contributed by atoms with van der Waals surface area (Å²) < 4.78 is 40.4. The zero-order valence-electron chi connectivity index (χ0n) is 9.42. The van der Waals surface area contributed by atoms with Gasteiger partial charge in [0, 0.05) is 13.0 Å². The molecule has 0 bridgehead atoms. The molecular formula is C10H14F3N3O. The molecule has 0 aliphatic rings. The lowest BCUT2D eigenvalue weighted by Gasteiger charge is -2.07. The molecule has 1 N–H and O–H groups in total. The van der Waals surface area contributed by atoms with Gasteiger partial charge in [0.25, 0.3) is 0 Å². The maximum absolute atomic E-state index is 11.8. The molecule has 0 atom stereocenters. The Morgan fingerprint density at radius 3 is 2.41 bits per heavy atom. The summed E-state index contributed by atoms with van der Waals surface area (Å²) in [6.07, 6.45) is -1.31. The van der Waals surface area contributed by atoms with Crippen molar-refractivity contribution in [1.82, 2.24) is 9.97 Å². The van der Waals surface area contributed by atoms with Gasteiger partial charge in [-0.05, 0) is 12.8 Å².